The lowest BCUT2D eigenvalue weighted by atomic mass is 9.81. The third-order valence-corrected chi connectivity index (χ3v) is 6.77. The van der Waals surface area contributed by atoms with Gasteiger partial charge in [0.1, 0.15) is 5.78 Å². The van der Waals surface area contributed by atoms with E-state index in [2.05, 4.69) is 37.8 Å². The Labute approximate surface area is 194 Å². The number of allylic oxidation sites excluding steroid dienone is 1. The van der Waals surface area contributed by atoms with E-state index in [4.69, 9.17) is 14.6 Å². The third kappa shape index (κ3) is 9.08. The summed E-state index contributed by atoms with van der Waals surface area (Å²) >= 11 is 0. The van der Waals surface area contributed by atoms with Crippen LogP contribution in [0.25, 0.3) is 0 Å². The Bertz CT molecular complexity index is 678. The van der Waals surface area contributed by atoms with Crippen molar-refractivity contribution in [2.45, 2.75) is 110 Å². The molecule has 0 bridgehead atoms. The summed E-state index contributed by atoms with van der Waals surface area (Å²) in [5.41, 5.74) is -0.150. The van der Waals surface area contributed by atoms with Gasteiger partial charge in [0.05, 0.1) is 6.10 Å². The number of hydrogen-bond donors (Lipinski definition) is 1. The van der Waals surface area contributed by atoms with Crippen LogP contribution in [0, 0.1) is 29.1 Å². The molecule has 1 aliphatic heterocycles. The van der Waals surface area contributed by atoms with Crippen molar-refractivity contribution in [1.29, 1.82) is 0 Å². The minimum atomic E-state index is -0.732. The first-order valence-corrected chi connectivity index (χ1v) is 12.4. The predicted octanol–water partition coefficient (Wildman–Crippen LogP) is 5.91. The fourth-order valence-corrected chi connectivity index (χ4v) is 4.67. The molecule has 5 nitrogen and oxygen atoms in total. The summed E-state index contributed by atoms with van der Waals surface area (Å²) in [5.74, 6) is 6.18. The number of unbranched alkanes of at least 4 members (excludes halogenated alkanes) is 3. The summed E-state index contributed by atoms with van der Waals surface area (Å²) in [6, 6.07) is 0. The summed E-state index contributed by atoms with van der Waals surface area (Å²) in [4.78, 5) is 23.1. The number of aliphatic carboxylic acids is 1. The monoisotopic (exact) mass is 446 g/mol. The number of ether oxygens (including phenoxy) is 2. The van der Waals surface area contributed by atoms with Crippen LogP contribution >= 0.6 is 0 Å². The highest BCUT2D eigenvalue weighted by molar-refractivity contribution is 5.83. The molecule has 5 heteroatoms. The van der Waals surface area contributed by atoms with Gasteiger partial charge in [-0.2, -0.15) is 0 Å². The molecule has 0 amide bonds. The average Bonchev–Trinajstić information content (AvgIpc) is 3.12. The van der Waals surface area contributed by atoms with Crippen LogP contribution in [0.1, 0.15) is 97.8 Å². The smallest absolute Gasteiger partial charge is 0.303 e. The van der Waals surface area contributed by atoms with E-state index in [0.29, 0.717) is 12.2 Å². The molecule has 0 radical (unpaired) electrons. The van der Waals surface area contributed by atoms with Crippen LogP contribution in [-0.4, -0.2) is 35.9 Å². The van der Waals surface area contributed by atoms with Crippen molar-refractivity contribution in [3.8, 4) is 11.8 Å². The number of hydrogen-bond acceptors (Lipinski definition) is 4. The molecule has 2 rings (SSSR count). The van der Waals surface area contributed by atoms with E-state index < -0.39 is 5.97 Å². The first-order valence-electron chi connectivity index (χ1n) is 12.4. The predicted molar refractivity (Wildman–Crippen MR) is 126 cm³/mol. The third-order valence-electron chi connectivity index (χ3n) is 6.77. The zero-order valence-electron chi connectivity index (χ0n) is 20.2. The van der Waals surface area contributed by atoms with E-state index in [0.717, 1.165) is 70.8 Å². The topological polar surface area (TPSA) is 72.8 Å². The maximum absolute atomic E-state index is 12.5. The summed E-state index contributed by atoms with van der Waals surface area (Å²) < 4.78 is 12.2. The van der Waals surface area contributed by atoms with Gasteiger partial charge in [0.25, 0.3) is 0 Å². The van der Waals surface area contributed by atoms with Crippen molar-refractivity contribution in [2.75, 3.05) is 6.61 Å². The van der Waals surface area contributed by atoms with Gasteiger partial charge in [-0.05, 0) is 51.4 Å². The zero-order chi connectivity index (χ0) is 23.4. The Morgan fingerprint density at radius 1 is 1.25 bits per heavy atom. The van der Waals surface area contributed by atoms with E-state index in [1.807, 2.05) is 6.92 Å². The quantitative estimate of drug-likeness (QED) is 0.216. The van der Waals surface area contributed by atoms with Crippen LogP contribution in [0.15, 0.2) is 12.2 Å². The van der Waals surface area contributed by atoms with Gasteiger partial charge in [0.15, 0.2) is 6.29 Å². The number of carbonyl (C=O) groups is 2. The van der Waals surface area contributed by atoms with Crippen LogP contribution in [0.2, 0.25) is 0 Å². The highest BCUT2D eigenvalue weighted by Gasteiger charge is 2.35. The molecule has 0 aromatic heterocycles. The highest BCUT2D eigenvalue weighted by Crippen LogP contribution is 2.36. The van der Waals surface area contributed by atoms with Gasteiger partial charge < -0.3 is 14.6 Å². The second-order valence-corrected chi connectivity index (χ2v) is 9.95. The van der Waals surface area contributed by atoms with Crippen LogP contribution in [-0.2, 0) is 19.1 Å². The lowest BCUT2D eigenvalue weighted by Crippen LogP contribution is -2.36. The largest absolute Gasteiger partial charge is 0.481 e. The molecule has 2 aliphatic rings. The lowest BCUT2D eigenvalue weighted by Gasteiger charge is -2.35. The second-order valence-electron chi connectivity index (χ2n) is 9.95. The van der Waals surface area contributed by atoms with Gasteiger partial charge in [-0.15, -0.1) is 11.8 Å². The van der Waals surface area contributed by atoms with Crippen molar-refractivity contribution < 1.29 is 24.2 Å². The Hall–Kier alpha value is -1.64. The average molecular weight is 447 g/mol. The molecular weight excluding hydrogens is 404 g/mol. The van der Waals surface area contributed by atoms with Crippen LogP contribution in [0.4, 0.5) is 0 Å². The van der Waals surface area contributed by atoms with Crippen molar-refractivity contribution in [2.24, 2.45) is 17.3 Å². The number of Topliss-reactive ketones (excluding diaryl/α,β-unsaturated/α-hetero) is 1. The number of carbonyl (C=O) groups excluding carboxylic acids is 1. The molecule has 2 fully saturated rings. The van der Waals surface area contributed by atoms with E-state index in [1.54, 1.807) is 0 Å². The lowest BCUT2D eigenvalue weighted by molar-refractivity contribution is -0.196. The zero-order valence-corrected chi connectivity index (χ0v) is 20.2. The molecule has 0 aromatic rings. The van der Waals surface area contributed by atoms with Crippen molar-refractivity contribution in [3.05, 3.63) is 12.2 Å². The van der Waals surface area contributed by atoms with Gasteiger partial charge in [-0.1, -0.05) is 45.3 Å². The standard InChI is InChI=1S/C27H42O5/c1-4-5-19-27(2,3)24(32-26-14-10-11-20-31-26)18-16-21-15-17-23(28)22(21)12-8-6-7-9-13-25(29)30/h16,18,21-22,24,26H,6-15,17,19-20H2,1-3H3,(H,29,30)/t21-,22-,24-,26?/m1/s1. The maximum atomic E-state index is 12.5. The first-order chi connectivity index (χ1) is 15.3. The molecule has 1 saturated heterocycles. The highest BCUT2D eigenvalue weighted by atomic mass is 16.7. The number of ketones is 1. The van der Waals surface area contributed by atoms with Gasteiger partial charge in [0.2, 0.25) is 0 Å². The summed E-state index contributed by atoms with van der Waals surface area (Å²) in [7, 11) is 0. The summed E-state index contributed by atoms with van der Waals surface area (Å²) in [6.45, 7) is 6.98. The van der Waals surface area contributed by atoms with Crippen molar-refractivity contribution >= 4 is 11.8 Å². The van der Waals surface area contributed by atoms with Crippen LogP contribution < -0.4 is 0 Å². The molecule has 0 spiro atoms. The number of carboxylic acid groups (broad SMARTS) is 1. The van der Waals surface area contributed by atoms with Gasteiger partial charge in [-0.25, -0.2) is 0 Å². The molecule has 1 saturated carbocycles. The molecule has 4 atom stereocenters. The minimum Gasteiger partial charge on any atom is -0.481 e. The minimum absolute atomic E-state index is 0.0795. The van der Waals surface area contributed by atoms with E-state index in [1.165, 1.54) is 0 Å². The van der Waals surface area contributed by atoms with E-state index in [-0.39, 0.29) is 36.1 Å². The Morgan fingerprint density at radius 3 is 2.72 bits per heavy atom. The molecule has 1 N–H and O–H groups in total. The molecule has 32 heavy (non-hydrogen) atoms. The van der Waals surface area contributed by atoms with Crippen LogP contribution in [0.3, 0.4) is 0 Å². The first kappa shape index (κ1) is 26.6. The van der Waals surface area contributed by atoms with Crippen LogP contribution in [0.5, 0.6) is 0 Å². The van der Waals surface area contributed by atoms with E-state index >= 15 is 0 Å². The molecule has 1 unspecified atom stereocenters. The molecular formula is C27H42O5. The SMILES string of the molecule is CC#CCC(C)(C)[C@@H](C=C[C@H]1CCC(=O)[C@@H]1CCCCCCC(=O)O)OC1CCCCO1. The summed E-state index contributed by atoms with van der Waals surface area (Å²) in [6.07, 6.45) is 14.3. The van der Waals surface area contributed by atoms with Gasteiger partial charge in [0, 0.05) is 37.2 Å². The normalized spacial score (nSPS) is 25.0. The maximum Gasteiger partial charge on any atom is 0.303 e. The fourth-order valence-electron chi connectivity index (χ4n) is 4.67. The Morgan fingerprint density at radius 2 is 2.03 bits per heavy atom. The molecule has 1 aliphatic carbocycles. The molecule has 0 aromatic carbocycles. The molecule has 180 valence electrons. The number of rotatable bonds is 13. The Kier molecular flexibility index (Phi) is 11.5. The summed E-state index contributed by atoms with van der Waals surface area (Å²) in [5, 5.41) is 8.75. The van der Waals surface area contributed by atoms with Gasteiger partial charge in [-0.3, -0.25) is 9.59 Å². The number of carboxylic acids is 1. The van der Waals surface area contributed by atoms with Gasteiger partial charge >= 0.3 is 5.97 Å². The van der Waals surface area contributed by atoms with E-state index in [9.17, 15) is 9.59 Å². The molecule has 1 heterocycles. The second kappa shape index (κ2) is 13.8. The fraction of sp³-hybridized carbons (Fsp3) is 0.778. The van der Waals surface area contributed by atoms with Crippen molar-refractivity contribution in [1.82, 2.24) is 0 Å². The van der Waals surface area contributed by atoms with Crippen molar-refractivity contribution in [3.63, 3.8) is 0 Å². The Balaban J connectivity index is 1.96.